The van der Waals surface area contributed by atoms with Crippen LogP contribution in [0.1, 0.15) is 130 Å². The van der Waals surface area contributed by atoms with Crippen LogP contribution in [0.4, 0.5) is 17.6 Å². The predicted molar refractivity (Wildman–Crippen MR) is 197 cm³/mol. The van der Waals surface area contributed by atoms with E-state index in [4.69, 9.17) is 0 Å². The number of nitrogens with zero attached hydrogens (tertiary/aromatic N) is 2. The molecule has 0 N–H and O–H groups in total. The van der Waals surface area contributed by atoms with Gasteiger partial charge in [-0.25, -0.2) is 0 Å². The van der Waals surface area contributed by atoms with Gasteiger partial charge < -0.3 is 0 Å². The van der Waals surface area contributed by atoms with Crippen molar-refractivity contribution in [1.29, 1.82) is 0 Å². The van der Waals surface area contributed by atoms with Gasteiger partial charge in [0.1, 0.15) is 0 Å². The first-order valence-electron chi connectivity index (χ1n) is 18.7. The second-order valence-corrected chi connectivity index (χ2v) is 13.9. The Morgan fingerprint density at radius 1 is 0.510 bits per heavy atom. The molecular weight excluding hydrogens is 645 g/mol. The normalized spacial score (nSPS) is 19.8. The van der Waals surface area contributed by atoms with E-state index in [2.05, 4.69) is 96.0 Å². The number of aryl methyl sites for hydroxylation is 2. The molecule has 6 rings (SSSR count). The molecule has 0 amide bonds. The Labute approximate surface area is 301 Å². The molecule has 2 heterocycles. The lowest BCUT2D eigenvalue weighted by Crippen LogP contribution is -2.12. The Hall–Kier alpha value is -4.42. The highest BCUT2D eigenvalue weighted by atomic mass is 19.1. The van der Waals surface area contributed by atoms with E-state index in [9.17, 15) is 17.6 Å². The summed E-state index contributed by atoms with van der Waals surface area (Å²) in [5.41, 5.74) is 6.02. The number of benzene rings is 2. The predicted octanol–water partition coefficient (Wildman–Crippen LogP) is 11.7. The fourth-order valence-electron chi connectivity index (χ4n) is 7.10. The van der Waals surface area contributed by atoms with E-state index >= 15 is 0 Å². The van der Waals surface area contributed by atoms with Crippen LogP contribution in [-0.4, -0.2) is 9.97 Å². The summed E-state index contributed by atoms with van der Waals surface area (Å²) in [5.74, 6) is 10.4. The number of rotatable bonds is 7. The van der Waals surface area contributed by atoms with Crippen LogP contribution in [0.25, 0.3) is 0 Å². The minimum atomic E-state index is -0.826. The molecule has 2 aromatic carbocycles. The summed E-state index contributed by atoms with van der Waals surface area (Å²) in [6.07, 6.45) is 14.5. The summed E-state index contributed by atoms with van der Waals surface area (Å²) in [6, 6.07) is 23.1. The van der Waals surface area contributed by atoms with Gasteiger partial charge >= 0.3 is 0 Å². The topological polar surface area (TPSA) is 25.8 Å². The lowest BCUT2D eigenvalue weighted by atomic mass is 9.78. The van der Waals surface area contributed by atoms with Crippen LogP contribution < -0.4 is 0 Å². The van der Waals surface area contributed by atoms with Gasteiger partial charge in [0.2, 0.25) is 23.8 Å². The van der Waals surface area contributed by atoms with Crippen molar-refractivity contribution in [2.24, 2.45) is 11.8 Å². The summed E-state index contributed by atoms with van der Waals surface area (Å²) in [4.78, 5) is 6.35. The Balaban J connectivity index is 0.000000198. The molecule has 2 fully saturated rings. The zero-order valence-corrected chi connectivity index (χ0v) is 29.8. The number of hydrogen-bond acceptors (Lipinski definition) is 2. The number of aromatic nitrogens is 2. The monoisotopic (exact) mass is 692 g/mol. The van der Waals surface area contributed by atoms with Gasteiger partial charge in [0.25, 0.3) is 0 Å². The van der Waals surface area contributed by atoms with Gasteiger partial charge in [-0.3, -0.25) is 0 Å². The third-order valence-electron chi connectivity index (χ3n) is 10.2. The van der Waals surface area contributed by atoms with Crippen LogP contribution in [0.2, 0.25) is 0 Å². The maximum atomic E-state index is 13.5. The highest BCUT2D eigenvalue weighted by molar-refractivity contribution is 5.35. The van der Waals surface area contributed by atoms with Crippen LogP contribution in [0.15, 0.2) is 72.8 Å². The van der Waals surface area contributed by atoms with E-state index in [1.165, 1.54) is 53.6 Å². The minimum Gasteiger partial charge on any atom is -0.189 e. The number of hydrogen-bond donors (Lipinski definition) is 0. The highest BCUT2D eigenvalue weighted by Gasteiger charge is 2.22. The largest absolute Gasteiger partial charge is 0.231 e. The molecule has 6 heteroatoms. The SMILES string of the molecule is CCCCc1ccc([C@H]2CC[C@H](C#Cc3ccc(F)nc3F)CC2)cc1.CCCc1ccc([C@H]2CC[C@H](C#Cc3ccc(F)nc3F)CC2)cc1. The van der Waals surface area contributed by atoms with Crippen molar-refractivity contribution in [3.05, 3.63) is 130 Å². The average molecular weight is 693 g/mol. The van der Waals surface area contributed by atoms with E-state index in [-0.39, 0.29) is 23.0 Å². The van der Waals surface area contributed by atoms with Gasteiger partial charge in [-0.1, -0.05) is 98.9 Å². The summed E-state index contributed by atoms with van der Waals surface area (Å²) >= 11 is 0. The van der Waals surface area contributed by atoms with Gasteiger partial charge in [0, 0.05) is 11.8 Å². The zero-order chi connectivity index (χ0) is 36.0. The average Bonchev–Trinajstić information content (AvgIpc) is 3.15. The van der Waals surface area contributed by atoms with E-state index in [0.29, 0.717) is 11.8 Å². The van der Waals surface area contributed by atoms with Crippen LogP contribution in [0.5, 0.6) is 0 Å². The van der Waals surface area contributed by atoms with E-state index in [1.54, 1.807) is 0 Å². The third-order valence-corrected chi connectivity index (χ3v) is 10.2. The standard InChI is InChI=1S/C23H25F2N.C22H23F2N/c1-2-3-4-17-5-10-19(11-6-17)20-12-7-18(8-13-20)9-14-21-15-16-22(24)26-23(21)25;1-2-3-16-4-9-18(10-5-16)19-11-6-17(7-12-19)8-13-20-14-15-21(23)25-22(20)24/h5-6,10-11,15-16,18,20H,2-4,7-8,12-13H2,1H3;4-5,9-10,14-15,17,19H,2-3,6-7,11-12H2,1H3/t18-,20-;17-,19-. The summed E-state index contributed by atoms with van der Waals surface area (Å²) in [5, 5.41) is 0. The molecule has 0 aliphatic heterocycles. The first kappa shape index (κ1) is 37.8. The molecule has 2 saturated carbocycles. The van der Waals surface area contributed by atoms with Gasteiger partial charge in [0.05, 0.1) is 11.1 Å². The van der Waals surface area contributed by atoms with Crippen molar-refractivity contribution in [2.45, 2.75) is 109 Å². The lowest BCUT2D eigenvalue weighted by molar-refractivity contribution is 0.384. The molecule has 266 valence electrons. The number of halogens is 4. The molecule has 0 bridgehead atoms. The lowest BCUT2D eigenvalue weighted by Gasteiger charge is -2.26. The molecule has 4 aromatic rings. The van der Waals surface area contributed by atoms with Crippen LogP contribution in [0.3, 0.4) is 0 Å². The van der Waals surface area contributed by atoms with Gasteiger partial charge in [-0.05, 0) is 129 Å². The number of unbranched alkanes of at least 4 members (excludes halogenated alkanes) is 1. The van der Waals surface area contributed by atoms with Crippen LogP contribution in [-0.2, 0) is 12.8 Å². The van der Waals surface area contributed by atoms with Crippen molar-refractivity contribution in [3.8, 4) is 23.7 Å². The molecule has 2 aliphatic carbocycles. The van der Waals surface area contributed by atoms with Crippen molar-refractivity contribution in [3.63, 3.8) is 0 Å². The van der Waals surface area contributed by atoms with Crippen LogP contribution >= 0.6 is 0 Å². The Bertz CT molecular complexity index is 1810. The molecule has 2 aliphatic rings. The van der Waals surface area contributed by atoms with E-state index in [0.717, 1.165) is 76.3 Å². The maximum Gasteiger partial charge on any atom is 0.231 e. The Morgan fingerprint density at radius 3 is 1.29 bits per heavy atom. The molecule has 2 nitrogen and oxygen atoms in total. The number of pyridine rings is 2. The fraction of sp³-hybridized carbons (Fsp3) is 0.422. The van der Waals surface area contributed by atoms with Crippen LogP contribution in [0, 0.1) is 59.3 Å². The molecule has 51 heavy (non-hydrogen) atoms. The molecule has 0 radical (unpaired) electrons. The fourth-order valence-corrected chi connectivity index (χ4v) is 7.10. The van der Waals surface area contributed by atoms with E-state index in [1.807, 2.05) is 0 Å². The molecule has 2 aromatic heterocycles. The molecule has 0 spiro atoms. The second-order valence-electron chi connectivity index (χ2n) is 13.9. The van der Waals surface area contributed by atoms with Crippen molar-refractivity contribution in [1.82, 2.24) is 9.97 Å². The summed E-state index contributed by atoms with van der Waals surface area (Å²) < 4.78 is 52.7. The van der Waals surface area contributed by atoms with E-state index < -0.39 is 23.8 Å². The maximum absolute atomic E-state index is 13.5. The highest BCUT2D eigenvalue weighted by Crippen LogP contribution is 2.37. The van der Waals surface area contributed by atoms with Crippen molar-refractivity contribution < 1.29 is 17.6 Å². The minimum absolute atomic E-state index is 0.176. The van der Waals surface area contributed by atoms with Crippen molar-refractivity contribution >= 4 is 0 Å². The quantitative estimate of drug-likeness (QED) is 0.109. The zero-order valence-electron chi connectivity index (χ0n) is 29.8. The molecule has 0 atom stereocenters. The van der Waals surface area contributed by atoms with Gasteiger partial charge in [-0.2, -0.15) is 27.5 Å². The first-order valence-corrected chi connectivity index (χ1v) is 18.7. The smallest absolute Gasteiger partial charge is 0.189 e. The molecular formula is C45H48F4N2. The molecule has 0 saturated heterocycles. The summed E-state index contributed by atoms with van der Waals surface area (Å²) in [7, 11) is 0. The van der Waals surface area contributed by atoms with Crippen molar-refractivity contribution in [2.75, 3.05) is 0 Å². The first-order chi connectivity index (χ1) is 24.8. The Morgan fingerprint density at radius 2 is 0.922 bits per heavy atom. The second kappa shape index (κ2) is 19.3. The van der Waals surface area contributed by atoms with Gasteiger partial charge in [0.15, 0.2) is 0 Å². The Kier molecular flexibility index (Phi) is 14.3. The summed E-state index contributed by atoms with van der Waals surface area (Å²) in [6.45, 7) is 4.42. The third kappa shape index (κ3) is 11.5. The molecule has 0 unspecified atom stereocenters. The van der Waals surface area contributed by atoms with Gasteiger partial charge in [-0.15, -0.1) is 0 Å².